The van der Waals surface area contributed by atoms with E-state index < -0.39 is 21.7 Å². The number of fused-ring (bicyclic) bond motifs is 2. The van der Waals surface area contributed by atoms with Crippen LogP contribution in [0.4, 0.5) is 5.69 Å². The van der Waals surface area contributed by atoms with Crippen molar-refractivity contribution in [2.45, 2.75) is 36.1 Å². The second kappa shape index (κ2) is 8.75. The predicted octanol–water partition coefficient (Wildman–Crippen LogP) is 3.78. The number of aromatic nitrogens is 3. The number of rotatable bonds is 5. The summed E-state index contributed by atoms with van der Waals surface area (Å²) in [4.78, 5) is 30.5. The number of thiazole rings is 1. The molecule has 0 spiro atoms. The second-order valence-corrected chi connectivity index (χ2v) is 11.3. The van der Waals surface area contributed by atoms with Crippen LogP contribution in [0.2, 0.25) is 0 Å². The fourth-order valence-electron chi connectivity index (χ4n) is 3.69. The number of carbonyl (C=O) groups is 2. The lowest BCUT2D eigenvalue weighted by molar-refractivity contribution is 0.0949. The summed E-state index contributed by atoms with van der Waals surface area (Å²) in [6, 6.07) is 10.2. The Hall–Kier alpha value is -3.83. The Labute approximate surface area is 205 Å². The number of nitrogens with zero attached hydrogens (tertiary/aromatic N) is 3. The van der Waals surface area contributed by atoms with Crippen molar-refractivity contribution in [3.05, 3.63) is 82.6 Å². The molecule has 0 aliphatic carbocycles. The lowest BCUT2D eigenvalue weighted by atomic mass is 10.1. The lowest BCUT2D eigenvalue weighted by Crippen LogP contribution is -2.22. The first-order valence-electron chi connectivity index (χ1n) is 10.8. The van der Waals surface area contributed by atoms with Gasteiger partial charge in [-0.25, -0.2) is 18.1 Å². The molecule has 0 atom stereocenters. The van der Waals surface area contributed by atoms with E-state index in [1.165, 1.54) is 41.7 Å². The summed E-state index contributed by atoms with van der Waals surface area (Å²) in [5.74, 6) is -0.591. The minimum Gasteiger partial charge on any atom is -0.347 e. The lowest BCUT2D eigenvalue weighted by Gasteiger charge is -2.10. The molecule has 9 nitrogen and oxygen atoms in total. The maximum absolute atomic E-state index is 13.1. The normalized spacial score (nSPS) is 14.1. The van der Waals surface area contributed by atoms with E-state index in [4.69, 9.17) is 0 Å². The average molecular weight is 508 g/mol. The molecule has 0 fully saturated rings. The molecular weight excluding hydrogens is 486 g/mol. The average Bonchev–Trinajstić information content (AvgIpc) is 3.50. The van der Waals surface area contributed by atoms with E-state index in [0.717, 1.165) is 10.4 Å². The molecule has 2 aromatic heterocycles. The third-order valence-corrected chi connectivity index (χ3v) is 8.49. The Morgan fingerprint density at radius 1 is 1.14 bits per heavy atom. The van der Waals surface area contributed by atoms with Gasteiger partial charge in [-0.3, -0.25) is 9.59 Å². The third kappa shape index (κ3) is 4.24. The summed E-state index contributed by atoms with van der Waals surface area (Å²) in [6.45, 7) is 4.42. The van der Waals surface area contributed by atoms with Gasteiger partial charge < -0.3 is 10.6 Å². The molecule has 1 aliphatic rings. The van der Waals surface area contributed by atoms with Gasteiger partial charge in [-0.1, -0.05) is 37.3 Å². The first-order chi connectivity index (χ1) is 16.7. The number of benzene rings is 2. The summed E-state index contributed by atoms with van der Waals surface area (Å²) in [5.41, 5.74) is 1.46. The zero-order valence-corrected chi connectivity index (χ0v) is 20.5. The van der Waals surface area contributed by atoms with Crippen molar-refractivity contribution in [2.75, 3.05) is 5.32 Å². The van der Waals surface area contributed by atoms with Crippen LogP contribution in [0.25, 0.3) is 5.13 Å². The van der Waals surface area contributed by atoms with E-state index in [9.17, 15) is 18.0 Å². The highest BCUT2D eigenvalue weighted by Gasteiger charge is 2.31. The molecule has 35 heavy (non-hydrogen) atoms. The summed E-state index contributed by atoms with van der Waals surface area (Å²) in [5, 5.41) is 10.5. The van der Waals surface area contributed by atoms with Gasteiger partial charge in [-0.15, -0.1) is 0 Å². The SMILES string of the molecule is CC(C)c1cnn(-c2ncc(CNC(=O)c3ccc4c(c3)NC(=O)c3ccccc3S4(=O)=O)s2)c1. The van der Waals surface area contributed by atoms with Crippen molar-refractivity contribution in [2.24, 2.45) is 0 Å². The van der Waals surface area contributed by atoms with Crippen LogP contribution in [0.5, 0.6) is 0 Å². The highest BCUT2D eigenvalue weighted by Crippen LogP contribution is 2.34. The van der Waals surface area contributed by atoms with Gasteiger partial charge in [0.05, 0.1) is 33.8 Å². The van der Waals surface area contributed by atoms with Crippen molar-refractivity contribution in [3.63, 3.8) is 0 Å². The van der Waals surface area contributed by atoms with Gasteiger partial charge in [0.25, 0.3) is 11.8 Å². The highest BCUT2D eigenvalue weighted by atomic mass is 32.2. The third-order valence-electron chi connectivity index (χ3n) is 5.63. The molecule has 0 unspecified atom stereocenters. The highest BCUT2D eigenvalue weighted by molar-refractivity contribution is 7.91. The standard InChI is InChI=1S/C24H21N5O4S2/c1-14(2)16-10-27-29(13-16)24-26-12-17(34-24)11-25-22(30)15-7-8-21-19(9-15)28-23(31)18-5-3-4-6-20(18)35(21,32)33/h3-10,12-14H,11H2,1-2H3,(H,25,30)(H,28,31). The van der Waals surface area contributed by atoms with E-state index in [-0.39, 0.29) is 33.2 Å². The zero-order valence-electron chi connectivity index (χ0n) is 18.8. The Morgan fingerprint density at radius 3 is 2.71 bits per heavy atom. The second-order valence-electron chi connectivity index (χ2n) is 8.33. The summed E-state index contributed by atoms with van der Waals surface area (Å²) in [7, 11) is -3.93. The topological polar surface area (TPSA) is 123 Å². The van der Waals surface area contributed by atoms with Crippen molar-refractivity contribution in [3.8, 4) is 5.13 Å². The van der Waals surface area contributed by atoms with Gasteiger partial charge in [0.1, 0.15) is 0 Å². The predicted molar refractivity (Wildman–Crippen MR) is 131 cm³/mol. The van der Waals surface area contributed by atoms with Crippen LogP contribution in [0.15, 0.2) is 70.8 Å². The number of anilines is 1. The molecule has 0 saturated heterocycles. The molecule has 2 amide bonds. The van der Waals surface area contributed by atoms with Crippen LogP contribution in [0.3, 0.4) is 0 Å². The quantitative estimate of drug-likeness (QED) is 0.424. The summed E-state index contributed by atoms with van der Waals surface area (Å²) < 4.78 is 27.9. The van der Waals surface area contributed by atoms with Gasteiger partial charge in [0, 0.05) is 22.8 Å². The van der Waals surface area contributed by atoms with Crippen LogP contribution in [0, 0.1) is 0 Å². The molecule has 0 radical (unpaired) electrons. The largest absolute Gasteiger partial charge is 0.347 e. The summed E-state index contributed by atoms with van der Waals surface area (Å²) >= 11 is 1.41. The van der Waals surface area contributed by atoms with Crippen molar-refractivity contribution < 1.29 is 18.0 Å². The van der Waals surface area contributed by atoms with Gasteiger partial charge in [-0.2, -0.15) is 5.10 Å². The first-order valence-corrected chi connectivity index (χ1v) is 13.1. The van der Waals surface area contributed by atoms with Crippen molar-refractivity contribution in [1.29, 1.82) is 0 Å². The minimum absolute atomic E-state index is 0.0561. The Kier molecular flexibility index (Phi) is 5.73. The molecule has 3 heterocycles. The van der Waals surface area contributed by atoms with Crippen LogP contribution in [0.1, 0.15) is 50.9 Å². The monoisotopic (exact) mass is 507 g/mol. The number of hydrogen-bond donors (Lipinski definition) is 2. The smallest absolute Gasteiger partial charge is 0.257 e. The minimum atomic E-state index is -3.93. The molecule has 11 heteroatoms. The van der Waals surface area contributed by atoms with Crippen LogP contribution in [-0.4, -0.2) is 35.0 Å². The molecule has 4 aromatic rings. The molecule has 2 aromatic carbocycles. The van der Waals surface area contributed by atoms with E-state index in [2.05, 4.69) is 34.6 Å². The summed E-state index contributed by atoms with van der Waals surface area (Å²) in [6.07, 6.45) is 5.42. The van der Waals surface area contributed by atoms with Gasteiger partial charge in [0.2, 0.25) is 15.0 Å². The van der Waals surface area contributed by atoms with Gasteiger partial charge >= 0.3 is 0 Å². The van der Waals surface area contributed by atoms with Gasteiger partial charge in [-0.05, 0) is 41.8 Å². The Bertz CT molecular complexity index is 1570. The van der Waals surface area contributed by atoms with Crippen molar-refractivity contribution in [1.82, 2.24) is 20.1 Å². The Morgan fingerprint density at radius 2 is 1.94 bits per heavy atom. The number of nitrogens with one attached hydrogen (secondary N) is 2. The van der Waals surface area contributed by atoms with Crippen LogP contribution in [-0.2, 0) is 16.4 Å². The molecule has 0 saturated carbocycles. The van der Waals surface area contributed by atoms with E-state index in [1.54, 1.807) is 23.0 Å². The van der Waals surface area contributed by atoms with E-state index in [1.807, 2.05) is 12.4 Å². The van der Waals surface area contributed by atoms with Crippen LogP contribution >= 0.6 is 11.3 Å². The van der Waals surface area contributed by atoms with Crippen molar-refractivity contribution >= 4 is 38.7 Å². The molecule has 1 aliphatic heterocycles. The van der Waals surface area contributed by atoms with E-state index >= 15 is 0 Å². The molecule has 178 valence electrons. The van der Waals surface area contributed by atoms with Crippen LogP contribution < -0.4 is 10.6 Å². The number of hydrogen-bond acceptors (Lipinski definition) is 7. The number of sulfone groups is 1. The number of carbonyl (C=O) groups excluding carboxylic acids is 2. The zero-order chi connectivity index (χ0) is 24.7. The molecular formula is C24H21N5O4S2. The maximum atomic E-state index is 13.1. The fraction of sp³-hybridized carbons (Fsp3) is 0.167. The van der Waals surface area contributed by atoms with E-state index in [0.29, 0.717) is 11.0 Å². The molecule has 0 bridgehead atoms. The molecule has 5 rings (SSSR count). The number of amides is 2. The fourth-order valence-corrected chi connectivity index (χ4v) is 6.07. The molecule has 2 N–H and O–H groups in total. The Balaban J connectivity index is 1.33. The first kappa shape index (κ1) is 22.9. The maximum Gasteiger partial charge on any atom is 0.257 e. The van der Waals surface area contributed by atoms with Gasteiger partial charge in [0.15, 0.2) is 0 Å².